The molecule has 3 aromatic rings. The number of benzene rings is 3. The van der Waals surface area contributed by atoms with Crippen molar-refractivity contribution in [1.82, 2.24) is 5.43 Å². The van der Waals surface area contributed by atoms with Crippen LogP contribution in [0, 0.1) is 6.92 Å². The molecule has 0 aliphatic rings. The number of rotatable bonds is 10. The van der Waals surface area contributed by atoms with Crippen molar-refractivity contribution in [2.24, 2.45) is 5.10 Å². The fourth-order valence-electron chi connectivity index (χ4n) is 3.41. The Morgan fingerprint density at radius 1 is 0.943 bits per heavy atom. The number of amides is 1. The van der Waals surface area contributed by atoms with Gasteiger partial charge in [-0.05, 0) is 55.8 Å². The van der Waals surface area contributed by atoms with Crippen LogP contribution in [0.5, 0.6) is 11.5 Å². The number of ether oxygens (including phenoxy) is 2. The Morgan fingerprint density at radius 2 is 1.60 bits per heavy atom. The summed E-state index contributed by atoms with van der Waals surface area (Å²) in [4.78, 5) is 13.0. The number of hydrogen-bond acceptors (Lipinski definition) is 6. The lowest BCUT2D eigenvalue weighted by Crippen LogP contribution is -2.39. The molecule has 3 rings (SSSR count). The summed E-state index contributed by atoms with van der Waals surface area (Å²) >= 11 is 0. The van der Waals surface area contributed by atoms with Gasteiger partial charge >= 0.3 is 0 Å². The third-order valence-electron chi connectivity index (χ3n) is 5.31. The van der Waals surface area contributed by atoms with E-state index in [1.165, 1.54) is 12.1 Å². The highest BCUT2D eigenvalue weighted by Crippen LogP contribution is 2.28. The zero-order chi connectivity index (χ0) is 25.4. The first-order valence-electron chi connectivity index (χ1n) is 11.0. The van der Waals surface area contributed by atoms with Crippen LogP contribution in [0.4, 0.5) is 5.69 Å². The molecular formula is C26H29N3O5S. The van der Waals surface area contributed by atoms with Crippen molar-refractivity contribution in [2.75, 3.05) is 25.1 Å². The maximum absolute atomic E-state index is 13.4. The Balaban J connectivity index is 1.86. The second-order valence-corrected chi connectivity index (χ2v) is 9.54. The summed E-state index contributed by atoms with van der Waals surface area (Å²) < 4.78 is 38.5. The van der Waals surface area contributed by atoms with E-state index in [1.807, 2.05) is 19.9 Å². The Kier molecular flexibility index (Phi) is 8.48. The number of para-hydroxylation sites is 1. The zero-order valence-corrected chi connectivity index (χ0v) is 21.0. The van der Waals surface area contributed by atoms with Crippen LogP contribution in [-0.4, -0.2) is 40.8 Å². The Labute approximate surface area is 206 Å². The van der Waals surface area contributed by atoms with E-state index in [0.29, 0.717) is 29.3 Å². The summed E-state index contributed by atoms with van der Waals surface area (Å²) in [6.07, 6.45) is 0.528. The van der Waals surface area contributed by atoms with E-state index in [-0.39, 0.29) is 4.90 Å². The maximum Gasteiger partial charge on any atom is 0.264 e. The summed E-state index contributed by atoms with van der Waals surface area (Å²) in [6.45, 7) is 3.34. The molecule has 0 heterocycles. The molecule has 0 spiro atoms. The first-order chi connectivity index (χ1) is 16.8. The average Bonchev–Trinajstić information content (AvgIpc) is 2.88. The Morgan fingerprint density at radius 3 is 2.20 bits per heavy atom. The van der Waals surface area contributed by atoms with Gasteiger partial charge in [-0.25, -0.2) is 13.8 Å². The summed E-state index contributed by atoms with van der Waals surface area (Å²) in [7, 11) is -0.894. The van der Waals surface area contributed by atoms with E-state index >= 15 is 0 Å². The highest BCUT2D eigenvalue weighted by molar-refractivity contribution is 7.92. The third kappa shape index (κ3) is 6.19. The number of nitrogens with one attached hydrogen (secondary N) is 1. The fourth-order valence-corrected chi connectivity index (χ4v) is 4.83. The van der Waals surface area contributed by atoms with Gasteiger partial charge in [-0.3, -0.25) is 9.10 Å². The predicted octanol–water partition coefficient (Wildman–Crippen LogP) is 4.14. The first kappa shape index (κ1) is 25.8. The van der Waals surface area contributed by atoms with Gasteiger partial charge in [0.2, 0.25) is 0 Å². The minimum Gasteiger partial charge on any atom is -0.493 e. The third-order valence-corrected chi connectivity index (χ3v) is 7.10. The molecule has 1 N–H and O–H groups in total. The normalized spacial score (nSPS) is 11.6. The number of nitrogens with zero attached hydrogens (tertiary/aromatic N) is 2. The van der Waals surface area contributed by atoms with Gasteiger partial charge < -0.3 is 9.47 Å². The largest absolute Gasteiger partial charge is 0.493 e. The van der Waals surface area contributed by atoms with Crippen LogP contribution in [0.2, 0.25) is 0 Å². The molecule has 0 aliphatic carbocycles. The van der Waals surface area contributed by atoms with Gasteiger partial charge in [-0.15, -0.1) is 0 Å². The standard InChI is InChI=1S/C26H29N3O5S/c1-5-23(20-13-16-24(33-3)25(17-20)34-4)27-28-26(30)18-29(21-9-7-6-8-10-21)35(31,32)22-14-11-19(2)12-15-22/h6-17H,5,18H2,1-4H3,(H,28,30)/b27-23-. The van der Waals surface area contributed by atoms with Gasteiger partial charge in [0.25, 0.3) is 15.9 Å². The summed E-state index contributed by atoms with van der Waals surface area (Å²) in [5.41, 5.74) is 5.17. The number of carbonyl (C=O) groups is 1. The molecule has 0 fully saturated rings. The van der Waals surface area contributed by atoms with Crippen molar-refractivity contribution < 1.29 is 22.7 Å². The average molecular weight is 496 g/mol. The molecule has 0 radical (unpaired) electrons. The SMILES string of the molecule is CC/C(=N/NC(=O)CN(c1ccccc1)S(=O)(=O)c1ccc(C)cc1)c1ccc(OC)c(OC)c1. The minimum atomic E-state index is -3.99. The molecule has 3 aromatic carbocycles. The topological polar surface area (TPSA) is 97.3 Å². The first-order valence-corrected chi connectivity index (χ1v) is 12.5. The molecule has 0 saturated carbocycles. The van der Waals surface area contributed by atoms with E-state index in [0.717, 1.165) is 15.4 Å². The highest BCUT2D eigenvalue weighted by Gasteiger charge is 2.27. The van der Waals surface area contributed by atoms with Crippen molar-refractivity contribution in [1.29, 1.82) is 0 Å². The Bertz CT molecular complexity index is 1290. The van der Waals surface area contributed by atoms with Crippen molar-refractivity contribution in [2.45, 2.75) is 25.2 Å². The van der Waals surface area contributed by atoms with E-state index in [1.54, 1.807) is 68.8 Å². The number of sulfonamides is 1. The van der Waals surface area contributed by atoms with Crippen LogP contribution in [0.25, 0.3) is 0 Å². The Hall–Kier alpha value is -3.85. The zero-order valence-electron chi connectivity index (χ0n) is 20.2. The fraction of sp³-hybridized carbons (Fsp3) is 0.231. The molecular weight excluding hydrogens is 466 g/mol. The van der Waals surface area contributed by atoms with Crippen LogP contribution in [0.1, 0.15) is 24.5 Å². The van der Waals surface area contributed by atoms with Gasteiger partial charge in [0, 0.05) is 5.56 Å². The number of anilines is 1. The molecule has 1 amide bonds. The maximum atomic E-state index is 13.4. The molecule has 8 nitrogen and oxygen atoms in total. The van der Waals surface area contributed by atoms with E-state index in [9.17, 15) is 13.2 Å². The highest BCUT2D eigenvalue weighted by atomic mass is 32.2. The van der Waals surface area contributed by atoms with Crippen LogP contribution in [0.15, 0.2) is 82.8 Å². The van der Waals surface area contributed by atoms with Crippen LogP contribution in [-0.2, 0) is 14.8 Å². The number of carbonyl (C=O) groups excluding carboxylic acids is 1. The van der Waals surface area contributed by atoms with Crippen molar-refractivity contribution in [3.05, 3.63) is 83.9 Å². The van der Waals surface area contributed by atoms with Gasteiger partial charge in [-0.2, -0.15) is 5.10 Å². The van der Waals surface area contributed by atoms with Crippen LogP contribution >= 0.6 is 0 Å². The van der Waals surface area contributed by atoms with Gasteiger partial charge in [0.15, 0.2) is 11.5 Å². The molecule has 0 saturated heterocycles. The minimum absolute atomic E-state index is 0.0998. The molecule has 0 aromatic heterocycles. The predicted molar refractivity (Wildman–Crippen MR) is 137 cm³/mol. The van der Waals surface area contributed by atoms with Crippen molar-refractivity contribution in [3.63, 3.8) is 0 Å². The van der Waals surface area contributed by atoms with Crippen LogP contribution < -0.4 is 19.2 Å². The number of hydrazone groups is 1. The van der Waals surface area contributed by atoms with Crippen molar-refractivity contribution in [3.8, 4) is 11.5 Å². The molecule has 0 unspecified atom stereocenters. The molecule has 9 heteroatoms. The number of hydrogen-bond donors (Lipinski definition) is 1. The molecule has 0 atom stereocenters. The van der Waals surface area contributed by atoms with Gasteiger partial charge in [-0.1, -0.05) is 42.8 Å². The number of methoxy groups -OCH3 is 2. The van der Waals surface area contributed by atoms with E-state index in [2.05, 4.69) is 10.5 Å². The smallest absolute Gasteiger partial charge is 0.264 e. The van der Waals surface area contributed by atoms with Gasteiger partial charge in [0.1, 0.15) is 6.54 Å². The second kappa shape index (κ2) is 11.5. The quantitative estimate of drug-likeness (QED) is 0.337. The summed E-state index contributed by atoms with van der Waals surface area (Å²) in [5, 5.41) is 4.26. The summed E-state index contributed by atoms with van der Waals surface area (Å²) in [6, 6.07) is 20.3. The lowest BCUT2D eigenvalue weighted by molar-refractivity contribution is -0.119. The molecule has 0 bridgehead atoms. The van der Waals surface area contributed by atoms with Gasteiger partial charge in [0.05, 0.1) is 30.5 Å². The number of aryl methyl sites for hydroxylation is 1. The van der Waals surface area contributed by atoms with Crippen LogP contribution in [0.3, 0.4) is 0 Å². The van der Waals surface area contributed by atoms with Crippen molar-refractivity contribution >= 4 is 27.3 Å². The lowest BCUT2D eigenvalue weighted by atomic mass is 10.1. The second-order valence-electron chi connectivity index (χ2n) is 7.68. The molecule has 184 valence electrons. The monoisotopic (exact) mass is 495 g/mol. The van der Waals surface area contributed by atoms with E-state index < -0.39 is 22.5 Å². The lowest BCUT2D eigenvalue weighted by Gasteiger charge is -2.23. The summed E-state index contributed by atoms with van der Waals surface area (Å²) in [5.74, 6) is 0.545. The van der Waals surface area contributed by atoms with E-state index in [4.69, 9.17) is 9.47 Å². The molecule has 35 heavy (non-hydrogen) atoms. The molecule has 0 aliphatic heterocycles.